The lowest BCUT2D eigenvalue weighted by Gasteiger charge is -2.23. The van der Waals surface area contributed by atoms with E-state index in [1.165, 1.54) is 12.1 Å². The number of hydrogen-bond acceptors (Lipinski definition) is 6. The summed E-state index contributed by atoms with van der Waals surface area (Å²) < 4.78 is 16.1. The number of rotatable bonds is 6. The molecule has 1 aliphatic heterocycles. The third-order valence-corrected chi connectivity index (χ3v) is 4.17. The second-order valence-electron chi connectivity index (χ2n) is 5.98. The molecule has 142 valence electrons. The quantitative estimate of drug-likeness (QED) is 0.785. The number of benzene rings is 2. The standard InChI is InChI=1S/C20H21NO6/c1-2-21(12-14-7-8-17-18(11-14)26-10-9-25-17)19(23)13-27-20(24)15-5-3-4-6-16(15)22/h3-8,11,22H,2,9-10,12-13H2,1H3. The van der Waals surface area contributed by atoms with Crippen molar-refractivity contribution in [2.24, 2.45) is 0 Å². The maximum absolute atomic E-state index is 12.4. The van der Waals surface area contributed by atoms with Crippen LogP contribution in [0.2, 0.25) is 0 Å². The molecule has 0 radical (unpaired) electrons. The number of ether oxygens (including phenoxy) is 3. The molecule has 2 aromatic carbocycles. The largest absolute Gasteiger partial charge is 0.507 e. The van der Waals surface area contributed by atoms with Crippen LogP contribution in [-0.4, -0.2) is 48.2 Å². The molecule has 0 fully saturated rings. The highest BCUT2D eigenvalue weighted by Gasteiger charge is 2.19. The van der Waals surface area contributed by atoms with Crippen molar-refractivity contribution in [3.8, 4) is 17.2 Å². The zero-order valence-electron chi connectivity index (χ0n) is 15.0. The molecule has 0 atom stereocenters. The lowest BCUT2D eigenvalue weighted by molar-refractivity contribution is -0.134. The molecule has 1 N–H and O–H groups in total. The first-order chi connectivity index (χ1) is 13.1. The van der Waals surface area contributed by atoms with Gasteiger partial charge in [-0.25, -0.2) is 4.79 Å². The first-order valence-electron chi connectivity index (χ1n) is 8.70. The first kappa shape index (κ1) is 18.6. The zero-order valence-corrected chi connectivity index (χ0v) is 15.0. The molecule has 7 heteroatoms. The summed E-state index contributed by atoms with van der Waals surface area (Å²) in [5.41, 5.74) is 0.918. The Kier molecular flexibility index (Phi) is 5.80. The Bertz CT molecular complexity index is 835. The van der Waals surface area contributed by atoms with E-state index in [9.17, 15) is 14.7 Å². The number of aromatic hydroxyl groups is 1. The van der Waals surface area contributed by atoms with Crippen molar-refractivity contribution in [3.05, 3.63) is 53.6 Å². The van der Waals surface area contributed by atoms with Gasteiger partial charge in [-0.05, 0) is 36.8 Å². The van der Waals surface area contributed by atoms with E-state index in [-0.39, 0.29) is 17.2 Å². The van der Waals surface area contributed by atoms with Gasteiger partial charge in [-0.2, -0.15) is 0 Å². The molecule has 7 nitrogen and oxygen atoms in total. The van der Waals surface area contributed by atoms with Gasteiger partial charge in [-0.15, -0.1) is 0 Å². The number of phenols is 1. The predicted molar refractivity (Wildman–Crippen MR) is 96.9 cm³/mol. The molecule has 1 amide bonds. The Morgan fingerprint density at radius 3 is 2.59 bits per heavy atom. The minimum absolute atomic E-state index is 0.0279. The first-order valence-corrected chi connectivity index (χ1v) is 8.70. The van der Waals surface area contributed by atoms with E-state index >= 15 is 0 Å². The van der Waals surface area contributed by atoms with Crippen LogP contribution in [0.15, 0.2) is 42.5 Å². The van der Waals surface area contributed by atoms with Gasteiger partial charge in [0.15, 0.2) is 18.1 Å². The summed E-state index contributed by atoms with van der Waals surface area (Å²) in [5.74, 6) is 0.107. The van der Waals surface area contributed by atoms with Crippen LogP contribution in [0.1, 0.15) is 22.8 Å². The van der Waals surface area contributed by atoms with E-state index in [2.05, 4.69) is 0 Å². The van der Waals surface area contributed by atoms with E-state index in [0.717, 1.165) is 5.56 Å². The fourth-order valence-electron chi connectivity index (χ4n) is 2.73. The van der Waals surface area contributed by atoms with Crippen LogP contribution in [0.5, 0.6) is 17.2 Å². The normalized spacial score (nSPS) is 12.3. The number of amides is 1. The van der Waals surface area contributed by atoms with Gasteiger partial charge in [0, 0.05) is 13.1 Å². The summed E-state index contributed by atoms with van der Waals surface area (Å²) in [6, 6.07) is 11.6. The molecule has 2 aromatic rings. The maximum atomic E-state index is 12.4. The maximum Gasteiger partial charge on any atom is 0.342 e. The number of fused-ring (bicyclic) bond motifs is 1. The Balaban J connectivity index is 1.59. The average Bonchev–Trinajstić information content (AvgIpc) is 2.70. The van der Waals surface area contributed by atoms with Gasteiger partial charge < -0.3 is 24.2 Å². The summed E-state index contributed by atoms with van der Waals surface area (Å²) in [7, 11) is 0. The summed E-state index contributed by atoms with van der Waals surface area (Å²) in [4.78, 5) is 26.0. The van der Waals surface area contributed by atoms with Crippen LogP contribution >= 0.6 is 0 Å². The molecular weight excluding hydrogens is 350 g/mol. The van der Waals surface area contributed by atoms with Crippen molar-refractivity contribution in [3.63, 3.8) is 0 Å². The second-order valence-corrected chi connectivity index (χ2v) is 5.98. The van der Waals surface area contributed by atoms with Gasteiger partial charge in [0.05, 0.1) is 0 Å². The summed E-state index contributed by atoms with van der Waals surface area (Å²) in [6.45, 7) is 3.29. The van der Waals surface area contributed by atoms with E-state index in [0.29, 0.717) is 37.8 Å². The zero-order chi connectivity index (χ0) is 19.2. The van der Waals surface area contributed by atoms with Crippen molar-refractivity contribution in [2.45, 2.75) is 13.5 Å². The fraction of sp³-hybridized carbons (Fsp3) is 0.300. The molecule has 0 bridgehead atoms. The smallest absolute Gasteiger partial charge is 0.342 e. The number of carbonyl (C=O) groups is 2. The molecule has 0 saturated heterocycles. The van der Waals surface area contributed by atoms with Gasteiger partial charge in [-0.3, -0.25) is 4.79 Å². The third-order valence-electron chi connectivity index (χ3n) is 4.17. The Labute approximate surface area is 157 Å². The SMILES string of the molecule is CCN(Cc1ccc2c(c1)OCCO2)C(=O)COC(=O)c1ccccc1O. The van der Waals surface area contributed by atoms with Gasteiger partial charge in [0.1, 0.15) is 24.5 Å². The second kappa shape index (κ2) is 8.44. The molecule has 0 aliphatic carbocycles. The van der Waals surface area contributed by atoms with Gasteiger partial charge in [-0.1, -0.05) is 18.2 Å². The number of carbonyl (C=O) groups excluding carboxylic acids is 2. The molecule has 0 unspecified atom stereocenters. The molecule has 0 aromatic heterocycles. The lowest BCUT2D eigenvalue weighted by atomic mass is 10.1. The Morgan fingerprint density at radius 2 is 1.85 bits per heavy atom. The van der Waals surface area contributed by atoms with Crippen molar-refractivity contribution in [2.75, 3.05) is 26.4 Å². The van der Waals surface area contributed by atoms with Crippen LogP contribution < -0.4 is 9.47 Å². The van der Waals surface area contributed by atoms with Gasteiger partial charge >= 0.3 is 5.97 Å². The van der Waals surface area contributed by atoms with Crippen LogP contribution in [-0.2, 0) is 16.1 Å². The lowest BCUT2D eigenvalue weighted by Crippen LogP contribution is -2.34. The van der Waals surface area contributed by atoms with Crippen LogP contribution in [0.4, 0.5) is 0 Å². The minimum atomic E-state index is -0.739. The number of esters is 1. The molecular formula is C20H21NO6. The van der Waals surface area contributed by atoms with Crippen molar-refractivity contribution in [1.29, 1.82) is 0 Å². The molecule has 27 heavy (non-hydrogen) atoms. The van der Waals surface area contributed by atoms with E-state index in [1.54, 1.807) is 17.0 Å². The number of likely N-dealkylation sites (N-methyl/N-ethyl adjacent to an activating group) is 1. The van der Waals surface area contributed by atoms with Crippen LogP contribution in [0, 0.1) is 0 Å². The summed E-state index contributed by atoms with van der Waals surface area (Å²) in [6.07, 6.45) is 0. The molecule has 1 aliphatic rings. The highest BCUT2D eigenvalue weighted by atomic mass is 16.6. The molecule has 0 saturated carbocycles. The Hall–Kier alpha value is -3.22. The molecule has 0 spiro atoms. The number of hydrogen-bond donors (Lipinski definition) is 1. The predicted octanol–water partition coefficient (Wildman–Crippen LogP) is 2.37. The van der Waals surface area contributed by atoms with Crippen LogP contribution in [0.25, 0.3) is 0 Å². The third kappa shape index (κ3) is 4.49. The monoisotopic (exact) mass is 371 g/mol. The molecule has 3 rings (SSSR count). The summed E-state index contributed by atoms with van der Waals surface area (Å²) >= 11 is 0. The highest BCUT2D eigenvalue weighted by Crippen LogP contribution is 2.31. The Morgan fingerprint density at radius 1 is 1.11 bits per heavy atom. The summed E-state index contributed by atoms with van der Waals surface area (Å²) in [5, 5.41) is 9.67. The van der Waals surface area contributed by atoms with Crippen molar-refractivity contribution < 1.29 is 28.9 Å². The van der Waals surface area contributed by atoms with Gasteiger partial charge in [0.25, 0.3) is 5.91 Å². The number of nitrogens with zero attached hydrogens (tertiary/aromatic N) is 1. The highest BCUT2D eigenvalue weighted by molar-refractivity contribution is 5.93. The average molecular weight is 371 g/mol. The van der Waals surface area contributed by atoms with Crippen molar-refractivity contribution >= 4 is 11.9 Å². The topological polar surface area (TPSA) is 85.3 Å². The van der Waals surface area contributed by atoms with Crippen molar-refractivity contribution in [1.82, 2.24) is 4.90 Å². The fourth-order valence-corrected chi connectivity index (χ4v) is 2.73. The van der Waals surface area contributed by atoms with Crippen LogP contribution in [0.3, 0.4) is 0 Å². The van der Waals surface area contributed by atoms with E-state index < -0.39 is 12.6 Å². The number of phenolic OH excluding ortho intramolecular Hbond substituents is 1. The molecule has 1 heterocycles. The van der Waals surface area contributed by atoms with Gasteiger partial charge in [0.2, 0.25) is 0 Å². The number of para-hydroxylation sites is 1. The van der Waals surface area contributed by atoms with E-state index in [4.69, 9.17) is 14.2 Å². The van der Waals surface area contributed by atoms with E-state index in [1.807, 2.05) is 25.1 Å². The minimum Gasteiger partial charge on any atom is -0.507 e.